The Bertz CT molecular complexity index is 773. The molecule has 7 heteroatoms. The van der Waals surface area contributed by atoms with Crippen molar-refractivity contribution in [3.63, 3.8) is 0 Å². The number of piperidine rings is 1. The van der Waals surface area contributed by atoms with Gasteiger partial charge in [-0.05, 0) is 46.0 Å². The molecule has 1 amide bonds. The molecule has 2 fully saturated rings. The van der Waals surface area contributed by atoms with Crippen molar-refractivity contribution >= 4 is 5.91 Å². The van der Waals surface area contributed by atoms with Crippen LogP contribution in [0.2, 0.25) is 0 Å². The first kappa shape index (κ1) is 17.2. The molecule has 140 valence electrons. The van der Waals surface area contributed by atoms with Crippen LogP contribution < -0.4 is 0 Å². The molecule has 3 heterocycles. The van der Waals surface area contributed by atoms with E-state index in [2.05, 4.69) is 15.3 Å². The van der Waals surface area contributed by atoms with Gasteiger partial charge in [-0.3, -0.25) is 4.79 Å². The van der Waals surface area contributed by atoms with E-state index in [4.69, 9.17) is 9.05 Å². The van der Waals surface area contributed by atoms with Crippen molar-refractivity contribution < 1.29 is 13.8 Å². The lowest BCUT2D eigenvalue weighted by Crippen LogP contribution is -2.42. The summed E-state index contributed by atoms with van der Waals surface area (Å²) in [5, 5.41) is 8.17. The molecule has 0 unspecified atom stereocenters. The first-order valence-corrected chi connectivity index (χ1v) is 9.57. The fourth-order valence-electron chi connectivity index (χ4n) is 3.80. The summed E-state index contributed by atoms with van der Waals surface area (Å²) in [6.07, 6.45) is 4.94. The number of nitrogens with zero attached hydrogens (tertiary/aromatic N) is 4. The Morgan fingerprint density at radius 2 is 2.00 bits per heavy atom. The van der Waals surface area contributed by atoms with Gasteiger partial charge in [0.2, 0.25) is 11.8 Å². The fraction of sp³-hybridized carbons (Fsp3) is 0.684. The Hall–Kier alpha value is -2.18. The van der Waals surface area contributed by atoms with Gasteiger partial charge < -0.3 is 13.9 Å². The number of aryl methyl sites for hydroxylation is 2. The van der Waals surface area contributed by atoms with E-state index in [1.807, 2.05) is 25.7 Å². The average molecular weight is 358 g/mol. The van der Waals surface area contributed by atoms with Gasteiger partial charge in [0.1, 0.15) is 5.76 Å². The summed E-state index contributed by atoms with van der Waals surface area (Å²) in [6.45, 7) is 7.28. The van der Waals surface area contributed by atoms with Crippen LogP contribution in [0.1, 0.15) is 73.2 Å². The minimum Gasteiger partial charge on any atom is -0.361 e. The topological polar surface area (TPSA) is 85.3 Å². The van der Waals surface area contributed by atoms with Crippen molar-refractivity contribution in [1.29, 1.82) is 0 Å². The smallest absolute Gasteiger partial charge is 0.229 e. The Kier molecular flexibility index (Phi) is 4.54. The zero-order valence-corrected chi connectivity index (χ0v) is 15.7. The minimum absolute atomic E-state index is 0.0992. The Labute approximate surface area is 153 Å². The maximum absolute atomic E-state index is 13.0. The summed E-state index contributed by atoms with van der Waals surface area (Å²) in [5.41, 5.74) is 1.92. The SMILES string of the molecule is Cc1noc(C)c1C[C@@H](C)C(=O)N1CCC[C@@H](c2noc(C3CC3)n2)C1. The molecule has 1 saturated carbocycles. The number of amides is 1. The third kappa shape index (κ3) is 3.39. The van der Waals surface area contributed by atoms with Gasteiger partial charge in [0.05, 0.1) is 5.69 Å². The predicted molar refractivity (Wildman–Crippen MR) is 93.7 cm³/mol. The normalized spacial score (nSPS) is 21.8. The number of carbonyl (C=O) groups excluding carboxylic acids is 1. The number of aromatic nitrogens is 3. The second kappa shape index (κ2) is 6.85. The van der Waals surface area contributed by atoms with Crippen LogP contribution in [0.4, 0.5) is 0 Å². The molecule has 2 aromatic heterocycles. The van der Waals surface area contributed by atoms with Gasteiger partial charge in [0.15, 0.2) is 5.82 Å². The lowest BCUT2D eigenvalue weighted by molar-refractivity contribution is -0.136. The van der Waals surface area contributed by atoms with Crippen LogP contribution in [0.15, 0.2) is 9.05 Å². The largest absolute Gasteiger partial charge is 0.361 e. The number of likely N-dealkylation sites (tertiary alicyclic amines) is 1. The molecule has 0 aromatic carbocycles. The van der Waals surface area contributed by atoms with Crippen molar-refractivity contribution in [2.45, 2.75) is 64.7 Å². The summed E-state index contributed by atoms with van der Waals surface area (Å²) >= 11 is 0. The molecule has 26 heavy (non-hydrogen) atoms. The highest BCUT2D eigenvalue weighted by atomic mass is 16.5. The Morgan fingerprint density at radius 3 is 2.69 bits per heavy atom. The highest BCUT2D eigenvalue weighted by molar-refractivity contribution is 5.79. The van der Waals surface area contributed by atoms with E-state index in [0.29, 0.717) is 18.9 Å². The molecule has 2 aliphatic rings. The highest BCUT2D eigenvalue weighted by Crippen LogP contribution is 2.39. The van der Waals surface area contributed by atoms with Gasteiger partial charge in [-0.1, -0.05) is 17.2 Å². The van der Waals surface area contributed by atoms with Gasteiger partial charge in [0, 0.05) is 36.4 Å². The fourth-order valence-corrected chi connectivity index (χ4v) is 3.80. The third-order valence-electron chi connectivity index (χ3n) is 5.60. The van der Waals surface area contributed by atoms with Crippen molar-refractivity contribution in [2.24, 2.45) is 5.92 Å². The van der Waals surface area contributed by atoms with Crippen molar-refractivity contribution in [2.75, 3.05) is 13.1 Å². The molecular formula is C19H26N4O3. The van der Waals surface area contributed by atoms with Crippen molar-refractivity contribution in [1.82, 2.24) is 20.2 Å². The van der Waals surface area contributed by atoms with Crippen LogP contribution in [0.3, 0.4) is 0 Å². The molecule has 0 radical (unpaired) electrons. The molecule has 1 saturated heterocycles. The van der Waals surface area contributed by atoms with Crippen LogP contribution in [0.25, 0.3) is 0 Å². The van der Waals surface area contributed by atoms with E-state index in [9.17, 15) is 4.79 Å². The van der Waals surface area contributed by atoms with E-state index in [1.165, 1.54) is 0 Å². The summed E-state index contributed by atoms with van der Waals surface area (Å²) in [7, 11) is 0. The summed E-state index contributed by atoms with van der Waals surface area (Å²) in [6, 6.07) is 0. The number of hydrogen-bond donors (Lipinski definition) is 0. The van der Waals surface area contributed by atoms with Crippen LogP contribution in [-0.4, -0.2) is 39.2 Å². The quantitative estimate of drug-likeness (QED) is 0.816. The molecule has 0 N–H and O–H groups in total. The summed E-state index contributed by atoms with van der Waals surface area (Å²) in [4.78, 5) is 19.5. The first-order valence-electron chi connectivity index (χ1n) is 9.57. The van der Waals surface area contributed by atoms with Crippen LogP contribution in [-0.2, 0) is 11.2 Å². The maximum Gasteiger partial charge on any atom is 0.229 e. The molecule has 2 aromatic rings. The molecule has 1 aliphatic heterocycles. The summed E-state index contributed by atoms with van der Waals surface area (Å²) in [5.74, 6) is 3.07. The molecule has 4 rings (SSSR count). The molecule has 7 nitrogen and oxygen atoms in total. The second-order valence-electron chi connectivity index (χ2n) is 7.80. The number of hydrogen-bond acceptors (Lipinski definition) is 6. The zero-order chi connectivity index (χ0) is 18.3. The molecule has 2 atom stereocenters. The van der Waals surface area contributed by atoms with Gasteiger partial charge in [-0.2, -0.15) is 4.98 Å². The van der Waals surface area contributed by atoms with Gasteiger partial charge in [0.25, 0.3) is 0 Å². The number of rotatable bonds is 5. The van der Waals surface area contributed by atoms with E-state index < -0.39 is 0 Å². The zero-order valence-electron chi connectivity index (χ0n) is 15.7. The Balaban J connectivity index is 1.40. The lowest BCUT2D eigenvalue weighted by atomic mass is 9.94. The number of carbonyl (C=O) groups is 1. The van der Waals surface area contributed by atoms with Crippen LogP contribution in [0, 0.1) is 19.8 Å². The molecule has 0 spiro atoms. The van der Waals surface area contributed by atoms with E-state index in [0.717, 1.165) is 61.0 Å². The summed E-state index contributed by atoms with van der Waals surface area (Å²) < 4.78 is 10.6. The highest BCUT2D eigenvalue weighted by Gasteiger charge is 2.33. The van der Waals surface area contributed by atoms with E-state index in [-0.39, 0.29) is 17.7 Å². The lowest BCUT2D eigenvalue weighted by Gasteiger charge is -2.33. The molecule has 0 bridgehead atoms. The second-order valence-corrected chi connectivity index (χ2v) is 7.80. The van der Waals surface area contributed by atoms with Crippen LogP contribution >= 0.6 is 0 Å². The van der Waals surface area contributed by atoms with E-state index in [1.54, 1.807) is 0 Å². The predicted octanol–water partition coefficient (Wildman–Crippen LogP) is 3.14. The van der Waals surface area contributed by atoms with Gasteiger partial charge >= 0.3 is 0 Å². The third-order valence-corrected chi connectivity index (χ3v) is 5.60. The van der Waals surface area contributed by atoms with Crippen molar-refractivity contribution in [3.8, 4) is 0 Å². The monoisotopic (exact) mass is 358 g/mol. The van der Waals surface area contributed by atoms with Gasteiger partial charge in [-0.15, -0.1) is 0 Å². The maximum atomic E-state index is 13.0. The van der Waals surface area contributed by atoms with Crippen molar-refractivity contribution in [3.05, 3.63) is 28.7 Å². The molecular weight excluding hydrogens is 332 g/mol. The minimum atomic E-state index is -0.0992. The average Bonchev–Trinajstić information content (AvgIpc) is 3.31. The molecule has 1 aliphatic carbocycles. The van der Waals surface area contributed by atoms with Crippen LogP contribution in [0.5, 0.6) is 0 Å². The van der Waals surface area contributed by atoms with E-state index >= 15 is 0 Å². The first-order chi connectivity index (χ1) is 12.5. The standard InChI is InChI=1S/C19H26N4O3/c1-11(9-16-12(2)21-25-13(16)3)19(24)23-8-4-5-15(10-23)17-20-18(26-22-17)14-6-7-14/h11,14-15H,4-10H2,1-3H3/t11-,15-/m1/s1. The van der Waals surface area contributed by atoms with Gasteiger partial charge in [-0.25, -0.2) is 0 Å². The Morgan fingerprint density at radius 1 is 1.19 bits per heavy atom.